The third-order valence-corrected chi connectivity index (χ3v) is 5.31. The molecule has 0 fully saturated rings. The number of benzene rings is 2. The number of thiazole rings is 1. The maximum absolute atomic E-state index is 12.3. The average Bonchev–Trinajstić information content (AvgIpc) is 3.06. The minimum absolute atomic E-state index is 0.225. The molecule has 3 aromatic rings. The predicted octanol–water partition coefficient (Wildman–Crippen LogP) is 5.44. The van der Waals surface area contributed by atoms with Gasteiger partial charge in [0.1, 0.15) is 21.5 Å². The van der Waals surface area contributed by atoms with E-state index in [0.29, 0.717) is 15.8 Å². The van der Waals surface area contributed by atoms with Gasteiger partial charge in [0.05, 0.1) is 25.5 Å². The molecule has 0 aliphatic rings. The fourth-order valence-corrected chi connectivity index (χ4v) is 3.67. The number of nitrogens with zero attached hydrogens (tertiary/aromatic N) is 1. The van der Waals surface area contributed by atoms with Crippen LogP contribution in [0.25, 0.3) is 16.6 Å². The second-order valence-corrected chi connectivity index (χ2v) is 7.31. The van der Waals surface area contributed by atoms with Crippen LogP contribution < -0.4 is 14.8 Å². The van der Waals surface area contributed by atoms with Crippen molar-refractivity contribution in [3.63, 3.8) is 0 Å². The van der Waals surface area contributed by atoms with Crippen molar-refractivity contribution < 1.29 is 14.3 Å². The van der Waals surface area contributed by atoms with Crippen molar-refractivity contribution in [3.8, 4) is 22.1 Å². The number of nitrogens with one attached hydrogen (secondary N) is 1. The molecule has 7 heteroatoms. The molecule has 5 nitrogen and oxygen atoms in total. The van der Waals surface area contributed by atoms with Crippen LogP contribution in [0, 0.1) is 6.92 Å². The van der Waals surface area contributed by atoms with Crippen molar-refractivity contribution >= 4 is 39.9 Å². The van der Waals surface area contributed by atoms with Crippen LogP contribution in [-0.2, 0) is 4.79 Å². The first kappa shape index (κ1) is 19.9. The zero-order chi connectivity index (χ0) is 20.1. The number of hydrogen-bond acceptors (Lipinski definition) is 5. The molecule has 3 rings (SSSR count). The third kappa shape index (κ3) is 4.71. The lowest BCUT2D eigenvalue weighted by Crippen LogP contribution is -2.07. The SMILES string of the molecule is COc1ccc(/C=C\C(=O)Nc2sc(-c3ccc(Cl)cc3OC)nc2C)cc1. The lowest BCUT2D eigenvalue weighted by molar-refractivity contribution is -0.111. The topological polar surface area (TPSA) is 60.5 Å². The molecule has 1 heterocycles. The molecule has 0 saturated heterocycles. The highest BCUT2D eigenvalue weighted by Gasteiger charge is 2.14. The summed E-state index contributed by atoms with van der Waals surface area (Å²) in [5.41, 5.74) is 2.47. The number of amides is 1. The summed E-state index contributed by atoms with van der Waals surface area (Å²) in [4.78, 5) is 16.8. The van der Waals surface area contributed by atoms with Crippen LogP contribution in [0.1, 0.15) is 11.3 Å². The van der Waals surface area contributed by atoms with Crippen molar-refractivity contribution in [2.45, 2.75) is 6.92 Å². The van der Waals surface area contributed by atoms with Crippen LogP contribution in [0.4, 0.5) is 5.00 Å². The number of hydrogen-bond donors (Lipinski definition) is 1. The van der Waals surface area contributed by atoms with Gasteiger partial charge in [-0.05, 0) is 48.9 Å². The van der Waals surface area contributed by atoms with Crippen LogP contribution in [0.5, 0.6) is 11.5 Å². The van der Waals surface area contributed by atoms with Gasteiger partial charge < -0.3 is 14.8 Å². The average molecular weight is 415 g/mol. The van der Waals surface area contributed by atoms with Gasteiger partial charge >= 0.3 is 0 Å². The van der Waals surface area contributed by atoms with Gasteiger partial charge in [0.2, 0.25) is 5.91 Å². The van der Waals surface area contributed by atoms with Gasteiger partial charge in [0.25, 0.3) is 0 Å². The van der Waals surface area contributed by atoms with Crippen LogP contribution >= 0.6 is 22.9 Å². The summed E-state index contributed by atoms with van der Waals surface area (Å²) in [6.45, 7) is 1.85. The van der Waals surface area contributed by atoms with Gasteiger partial charge in [-0.1, -0.05) is 35.1 Å². The summed E-state index contributed by atoms with van der Waals surface area (Å²) in [6, 6.07) is 12.8. The van der Waals surface area contributed by atoms with E-state index < -0.39 is 0 Å². The van der Waals surface area contributed by atoms with Crippen LogP contribution in [-0.4, -0.2) is 25.1 Å². The Kier molecular flexibility index (Phi) is 6.34. The summed E-state index contributed by atoms with van der Waals surface area (Å²) in [5, 5.41) is 4.91. The number of aromatic nitrogens is 1. The van der Waals surface area contributed by atoms with E-state index in [4.69, 9.17) is 21.1 Å². The van der Waals surface area contributed by atoms with Gasteiger partial charge in [-0.3, -0.25) is 4.79 Å². The van der Waals surface area contributed by atoms with Gasteiger partial charge in [-0.15, -0.1) is 0 Å². The molecule has 144 valence electrons. The molecular formula is C21H19ClN2O3S. The van der Waals surface area contributed by atoms with E-state index >= 15 is 0 Å². The Morgan fingerprint density at radius 2 is 1.89 bits per heavy atom. The number of anilines is 1. The van der Waals surface area contributed by atoms with Crippen LogP contribution in [0.3, 0.4) is 0 Å². The zero-order valence-electron chi connectivity index (χ0n) is 15.7. The Hall–Kier alpha value is -2.83. The zero-order valence-corrected chi connectivity index (χ0v) is 17.2. The van der Waals surface area contributed by atoms with Crippen LogP contribution in [0.15, 0.2) is 48.5 Å². The molecule has 1 N–H and O–H groups in total. The minimum Gasteiger partial charge on any atom is -0.497 e. The van der Waals surface area contributed by atoms with Crippen LogP contribution in [0.2, 0.25) is 5.02 Å². The number of carbonyl (C=O) groups is 1. The van der Waals surface area contributed by atoms with E-state index in [0.717, 1.165) is 27.6 Å². The molecule has 0 spiro atoms. The first-order valence-corrected chi connectivity index (χ1v) is 9.64. The van der Waals surface area contributed by atoms with Crippen molar-refractivity contribution in [3.05, 3.63) is 64.8 Å². The van der Waals surface area contributed by atoms with E-state index in [1.807, 2.05) is 37.3 Å². The molecule has 0 bridgehead atoms. The van der Waals surface area contributed by atoms with E-state index in [1.54, 1.807) is 32.4 Å². The van der Waals surface area contributed by atoms with Gasteiger partial charge in [-0.2, -0.15) is 0 Å². The Labute approximate surface area is 172 Å². The Balaban J connectivity index is 1.74. The Bertz CT molecular complexity index is 1010. The van der Waals surface area contributed by atoms with E-state index in [2.05, 4.69) is 10.3 Å². The lowest BCUT2D eigenvalue weighted by Gasteiger charge is -2.05. The highest BCUT2D eigenvalue weighted by atomic mass is 35.5. The van der Waals surface area contributed by atoms with Gasteiger partial charge in [-0.25, -0.2) is 4.98 Å². The maximum Gasteiger partial charge on any atom is 0.249 e. The van der Waals surface area contributed by atoms with E-state index in [1.165, 1.54) is 17.4 Å². The minimum atomic E-state index is -0.225. The normalized spacial score (nSPS) is 10.9. The molecule has 0 aliphatic carbocycles. The van der Waals surface area contributed by atoms with Crippen molar-refractivity contribution in [1.29, 1.82) is 0 Å². The maximum atomic E-state index is 12.3. The molecule has 0 saturated carbocycles. The number of halogens is 1. The molecule has 0 aliphatic heterocycles. The summed E-state index contributed by atoms with van der Waals surface area (Å²) >= 11 is 7.41. The second-order valence-electron chi connectivity index (χ2n) is 5.87. The highest BCUT2D eigenvalue weighted by Crippen LogP contribution is 2.38. The Morgan fingerprint density at radius 3 is 2.57 bits per heavy atom. The third-order valence-electron chi connectivity index (χ3n) is 3.97. The summed E-state index contributed by atoms with van der Waals surface area (Å²) < 4.78 is 10.5. The smallest absolute Gasteiger partial charge is 0.249 e. The summed E-state index contributed by atoms with van der Waals surface area (Å²) in [5.74, 6) is 1.18. The molecule has 28 heavy (non-hydrogen) atoms. The Morgan fingerprint density at radius 1 is 1.14 bits per heavy atom. The summed E-state index contributed by atoms with van der Waals surface area (Å²) in [7, 11) is 3.20. The number of rotatable bonds is 6. The molecule has 2 aromatic carbocycles. The highest BCUT2D eigenvalue weighted by molar-refractivity contribution is 7.19. The van der Waals surface area contributed by atoms with Gasteiger partial charge in [0, 0.05) is 11.1 Å². The number of ether oxygens (including phenoxy) is 2. The molecule has 1 aromatic heterocycles. The quantitative estimate of drug-likeness (QED) is 0.545. The lowest BCUT2D eigenvalue weighted by atomic mass is 10.2. The molecular weight excluding hydrogens is 396 g/mol. The summed E-state index contributed by atoms with van der Waals surface area (Å²) in [6.07, 6.45) is 3.23. The predicted molar refractivity (Wildman–Crippen MR) is 115 cm³/mol. The molecule has 0 unspecified atom stereocenters. The second kappa shape index (κ2) is 8.91. The first-order chi connectivity index (χ1) is 13.5. The number of aryl methyl sites for hydroxylation is 1. The number of carbonyl (C=O) groups excluding carboxylic acids is 1. The van der Waals surface area contributed by atoms with E-state index in [9.17, 15) is 4.79 Å². The molecule has 0 radical (unpaired) electrons. The van der Waals surface area contributed by atoms with Crippen molar-refractivity contribution in [2.24, 2.45) is 0 Å². The molecule has 1 amide bonds. The van der Waals surface area contributed by atoms with E-state index in [-0.39, 0.29) is 5.91 Å². The largest absolute Gasteiger partial charge is 0.497 e. The fraction of sp³-hybridized carbons (Fsp3) is 0.143. The van der Waals surface area contributed by atoms with Crippen molar-refractivity contribution in [2.75, 3.05) is 19.5 Å². The standard InChI is InChI=1S/C21H19ClN2O3S/c1-13-20(24-19(25)11-6-14-4-8-16(26-2)9-5-14)28-21(23-13)17-10-7-15(22)12-18(17)27-3/h4-12H,1-3H3,(H,24,25)/b11-6-. The first-order valence-electron chi connectivity index (χ1n) is 8.44. The number of methoxy groups -OCH3 is 2. The molecule has 0 atom stereocenters. The fourth-order valence-electron chi connectivity index (χ4n) is 2.51. The monoisotopic (exact) mass is 414 g/mol. The van der Waals surface area contributed by atoms with Gasteiger partial charge in [0.15, 0.2) is 0 Å². The van der Waals surface area contributed by atoms with Crippen molar-refractivity contribution in [1.82, 2.24) is 4.98 Å².